The average Bonchev–Trinajstić information content (AvgIpc) is 3.62. The summed E-state index contributed by atoms with van der Waals surface area (Å²) in [5.74, 6) is -0.0180. The molecule has 1 saturated carbocycles. The van der Waals surface area contributed by atoms with E-state index in [4.69, 9.17) is 0 Å². The molecule has 1 aromatic heterocycles. The molecule has 0 unspecified atom stereocenters. The molecule has 1 aliphatic carbocycles. The van der Waals surface area contributed by atoms with Crippen LogP contribution in [-0.2, 0) is 13.0 Å². The molecular formula is C32H34N4O3. The zero-order valence-corrected chi connectivity index (χ0v) is 22.4. The van der Waals surface area contributed by atoms with E-state index in [0.717, 1.165) is 54.5 Å². The number of nitrogens with one attached hydrogen (secondary N) is 2. The molecule has 200 valence electrons. The topological polar surface area (TPSA) is 96.3 Å². The van der Waals surface area contributed by atoms with Crippen LogP contribution in [-0.4, -0.2) is 26.8 Å². The lowest BCUT2D eigenvalue weighted by Gasteiger charge is -2.12. The molecule has 39 heavy (non-hydrogen) atoms. The number of hydrogen-bond donors (Lipinski definition) is 3. The summed E-state index contributed by atoms with van der Waals surface area (Å²) < 4.78 is 1.45. The predicted octanol–water partition coefficient (Wildman–Crippen LogP) is 6.79. The van der Waals surface area contributed by atoms with Gasteiger partial charge in [0.25, 0.3) is 5.91 Å². The summed E-state index contributed by atoms with van der Waals surface area (Å²) in [6, 6.07) is 22.1. The highest BCUT2D eigenvalue weighted by Gasteiger charge is 2.26. The van der Waals surface area contributed by atoms with Crippen LogP contribution in [0, 0.1) is 6.92 Å². The number of carbonyl (C=O) groups excluding carboxylic acids is 2. The Labute approximate surface area is 228 Å². The normalized spacial score (nSPS) is 13.4. The van der Waals surface area contributed by atoms with Gasteiger partial charge in [0.2, 0.25) is 0 Å². The van der Waals surface area contributed by atoms with E-state index in [1.807, 2.05) is 49.4 Å². The number of aryl methyl sites for hydroxylation is 2. The van der Waals surface area contributed by atoms with E-state index in [1.54, 1.807) is 24.3 Å². The zero-order chi connectivity index (χ0) is 27.4. The Bertz CT molecular complexity index is 1480. The van der Waals surface area contributed by atoms with Gasteiger partial charge in [0.1, 0.15) is 5.75 Å². The van der Waals surface area contributed by atoms with Crippen LogP contribution in [0.2, 0.25) is 0 Å². The summed E-state index contributed by atoms with van der Waals surface area (Å²) >= 11 is 0. The van der Waals surface area contributed by atoms with Crippen molar-refractivity contribution in [3.8, 4) is 17.0 Å². The van der Waals surface area contributed by atoms with Gasteiger partial charge in [-0.1, -0.05) is 61.7 Å². The summed E-state index contributed by atoms with van der Waals surface area (Å²) in [6.45, 7) is 4.49. The van der Waals surface area contributed by atoms with Gasteiger partial charge >= 0.3 is 6.03 Å². The molecular weight excluding hydrogens is 488 g/mol. The third-order valence-electron chi connectivity index (χ3n) is 7.38. The van der Waals surface area contributed by atoms with Gasteiger partial charge in [0, 0.05) is 35.3 Å². The number of phenolic OH excluding ortho intramolecular Hbond substituents is 1. The Hall–Kier alpha value is -4.39. The maximum absolute atomic E-state index is 13.2. The molecule has 0 spiro atoms. The molecule has 0 saturated heterocycles. The van der Waals surface area contributed by atoms with E-state index in [0.29, 0.717) is 29.1 Å². The van der Waals surface area contributed by atoms with E-state index < -0.39 is 0 Å². The first-order valence-corrected chi connectivity index (χ1v) is 13.6. The van der Waals surface area contributed by atoms with Crippen molar-refractivity contribution in [2.24, 2.45) is 0 Å². The molecule has 5 rings (SSSR count). The van der Waals surface area contributed by atoms with Crippen LogP contribution in [0.15, 0.2) is 72.8 Å². The van der Waals surface area contributed by atoms with E-state index in [9.17, 15) is 14.7 Å². The van der Waals surface area contributed by atoms with E-state index in [2.05, 4.69) is 22.7 Å². The van der Waals surface area contributed by atoms with Crippen molar-refractivity contribution in [1.29, 1.82) is 0 Å². The smallest absolute Gasteiger partial charge is 0.342 e. The lowest BCUT2D eigenvalue weighted by Crippen LogP contribution is -2.30. The van der Waals surface area contributed by atoms with Crippen molar-refractivity contribution in [3.05, 3.63) is 101 Å². The van der Waals surface area contributed by atoms with Crippen LogP contribution >= 0.6 is 0 Å². The van der Waals surface area contributed by atoms with Gasteiger partial charge in [-0.15, -0.1) is 0 Å². The van der Waals surface area contributed by atoms with Crippen LogP contribution in [0.5, 0.6) is 5.75 Å². The number of amides is 2. The highest BCUT2D eigenvalue weighted by molar-refractivity contribution is 6.04. The Balaban J connectivity index is 1.36. The lowest BCUT2D eigenvalue weighted by molar-refractivity contribution is 0.102. The van der Waals surface area contributed by atoms with Crippen molar-refractivity contribution in [3.63, 3.8) is 0 Å². The quantitative estimate of drug-likeness (QED) is 0.249. The number of hydrogen-bond acceptors (Lipinski definition) is 4. The van der Waals surface area contributed by atoms with Gasteiger partial charge in [-0.05, 0) is 67.6 Å². The maximum Gasteiger partial charge on any atom is 0.342 e. The lowest BCUT2D eigenvalue weighted by atomic mass is 10.0. The molecule has 1 heterocycles. The van der Waals surface area contributed by atoms with E-state index >= 15 is 0 Å². The largest absolute Gasteiger partial charge is 0.507 e. The fourth-order valence-electron chi connectivity index (χ4n) is 5.20. The number of nitrogens with zero attached hydrogens (tertiary/aromatic N) is 2. The number of rotatable bonds is 7. The summed E-state index contributed by atoms with van der Waals surface area (Å²) in [5, 5.41) is 21.3. The third-order valence-corrected chi connectivity index (χ3v) is 7.38. The Kier molecular flexibility index (Phi) is 7.77. The molecule has 2 amide bonds. The van der Waals surface area contributed by atoms with Crippen LogP contribution < -0.4 is 10.6 Å². The fourth-order valence-corrected chi connectivity index (χ4v) is 5.20. The third kappa shape index (κ3) is 6.03. The fraction of sp³-hybridized carbons (Fsp3) is 0.281. The molecule has 0 atom stereocenters. The van der Waals surface area contributed by atoms with Crippen LogP contribution in [0.4, 0.5) is 10.5 Å². The first-order chi connectivity index (χ1) is 18.9. The molecule has 1 aliphatic rings. The number of carbonyl (C=O) groups is 2. The molecule has 4 aromatic rings. The van der Waals surface area contributed by atoms with Gasteiger partial charge < -0.3 is 15.7 Å². The van der Waals surface area contributed by atoms with Crippen molar-refractivity contribution in [1.82, 2.24) is 15.1 Å². The molecule has 0 aliphatic heterocycles. The molecule has 7 heteroatoms. The second kappa shape index (κ2) is 11.6. The number of benzene rings is 3. The summed E-state index contributed by atoms with van der Waals surface area (Å²) in [4.78, 5) is 25.9. The molecule has 1 fully saturated rings. The highest BCUT2D eigenvalue weighted by Crippen LogP contribution is 2.38. The first kappa shape index (κ1) is 26.2. The molecule has 0 radical (unpaired) electrons. The zero-order valence-electron chi connectivity index (χ0n) is 22.4. The molecule has 3 N–H and O–H groups in total. The minimum atomic E-state index is -0.290. The van der Waals surface area contributed by atoms with E-state index in [1.165, 1.54) is 10.7 Å². The second-order valence-electron chi connectivity index (χ2n) is 10.2. The van der Waals surface area contributed by atoms with Crippen molar-refractivity contribution in [2.45, 2.75) is 58.4 Å². The Morgan fingerprint density at radius 3 is 2.44 bits per heavy atom. The van der Waals surface area contributed by atoms with Crippen molar-refractivity contribution < 1.29 is 14.7 Å². The van der Waals surface area contributed by atoms with Gasteiger partial charge in [0.15, 0.2) is 0 Å². The minimum Gasteiger partial charge on any atom is -0.507 e. The summed E-state index contributed by atoms with van der Waals surface area (Å²) in [5.41, 5.74) is 6.23. The monoisotopic (exact) mass is 522 g/mol. The highest BCUT2D eigenvalue weighted by atomic mass is 16.3. The minimum absolute atomic E-state index is 0.0167. The number of aromatic hydroxyl groups is 1. The van der Waals surface area contributed by atoms with Crippen LogP contribution in [0.25, 0.3) is 11.3 Å². The summed E-state index contributed by atoms with van der Waals surface area (Å²) in [6.07, 6.45) is 5.16. The number of anilines is 1. The molecule has 0 bridgehead atoms. The molecule has 3 aromatic carbocycles. The van der Waals surface area contributed by atoms with Crippen molar-refractivity contribution >= 4 is 17.6 Å². The van der Waals surface area contributed by atoms with Crippen molar-refractivity contribution in [2.75, 3.05) is 5.32 Å². The SMILES string of the molecule is CCc1ccc(C(=O)Nc2ccc(-c3cc(C4CCCC4)n(C(=O)NCc4cccc(C)c4)n3)c(O)c2)cc1. The van der Waals surface area contributed by atoms with Gasteiger partial charge in [-0.25, -0.2) is 4.79 Å². The standard InChI is InChI=1S/C32H34N4O3/c1-3-22-11-13-25(14-12-22)31(38)34-26-15-16-27(30(37)18-26)28-19-29(24-9-4-5-10-24)36(35-28)32(39)33-20-23-8-6-7-21(2)17-23/h6-8,11-19,24,37H,3-5,9-10,20H2,1-2H3,(H,33,39)(H,34,38). The predicted molar refractivity (Wildman–Crippen MR) is 153 cm³/mol. The van der Waals surface area contributed by atoms with Gasteiger partial charge in [-0.3, -0.25) is 4.79 Å². The molecule has 7 nitrogen and oxygen atoms in total. The average molecular weight is 523 g/mol. The van der Waals surface area contributed by atoms with Crippen LogP contribution in [0.3, 0.4) is 0 Å². The van der Waals surface area contributed by atoms with Gasteiger partial charge in [0.05, 0.1) is 11.4 Å². The van der Waals surface area contributed by atoms with E-state index in [-0.39, 0.29) is 23.6 Å². The Morgan fingerprint density at radius 2 is 1.74 bits per heavy atom. The Morgan fingerprint density at radius 1 is 0.974 bits per heavy atom. The number of aromatic nitrogens is 2. The summed E-state index contributed by atoms with van der Waals surface area (Å²) in [7, 11) is 0. The first-order valence-electron chi connectivity index (χ1n) is 13.6. The second-order valence-corrected chi connectivity index (χ2v) is 10.2. The maximum atomic E-state index is 13.2. The van der Waals surface area contributed by atoms with Gasteiger partial charge in [-0.2, -0.15) is 9.78 Å². The number of phenols is 1. The van der Waals surface area contributed by atoms with Crippen LogP contribution in [0.1, 0.15) is 71.3 Å².